The van der Waals surface area contributed by atoms with Crippen molar-refractivity contribution < 1.29 is 19.1 Å². The number of halogens is 1. The number of nitrogens with one attached hydrogen (secondary N) is 1. The number of aliphatic hydroxyl groups excluding tert-OH is 1. The summed E-state index contributed by atoms with van der Waals surface area (Å²) in [4.78, 5) is 30.7. The standard InChI is InChI=1S/C24H21FN2O3/c25-18-11-5-3-10-16(18)21-20(23(29)24(30)27(21)14-7-1-2-8-14)22(28)17-13-26-19-12-6-4-9-15(17)19/h3-6,9-14,21,26,28H,1-2,7-8H2/b22-20+. The number of nitrogens with zero attached hydrogens (tertiary/aromatic N) is 1. The Morgan fingerprint density at radius 3 is 2.50 bits per heavy atom. The van der Waals surface area contributed by atoms with Crippen molar-refractivity contribution in [3.8, 4) is 0 Å². The predicted molar refractivity (Wildman–Crippen MR) is 111 cm³/mol. The van der Waals surface area contributed by atoms with Crippen LogP contribution < -0.4 is 0 Å². The van der Waals surface area contributed by atoms with Crippen LogP contribution in [0.15, 0.2) is 60.3 Å². The third kappa shape index (κ3) is 2.75. The molecule has 1 aromatic heterocycles. The monoisotopic (exact) mass is 404 g/mol. The van der Waals surface area contributed by atoms with Crippen LogP contribution in [-0.4, -0.2) is 32.7 Å². The molecule has 0 spiro atoms. The predicted octanol–water partition coefficient (Wildman–Crippen LogP) is 4.67. The van der Waals surface area contributed by atoms with Gasteiger partial charge in [0.2, 0.25) is 0 Å². The fraction of sp³-hybridized carbons (Fsp3) is 0.250. The lowest BCUT2D eigenvalue weighted by Gasteiger charge is -2.30. The molecule has 0 radical (unpaired) electrons. The van der Waals surface area contributed by atoms with E-state index in [1.807, 2.05) is 24.3 Å². The van der Waals surface area contributed by atoms with E-state index in [2.05, 4.69) is 4.98 Å². The average molecular weight is 404 g/mol. The van der Waals surface area contributed by atoms with Crippen LogP contribution in [0.3, 0.4) is 0 Å². The number of Topliss-reactive ketones (excluding diaryl/α,β-unsaturated/α-hetero) is 1. The Kier molecular flexibility index (Phi) is 4.42. The normalized spacial score (nSPS) is 21.8. The Bertz CT molecular complexity index is 1190. The van der Waals surface area contributed by atoms with Gasteiger partial charge in [0.15, 0.2) is 0 Å². The summed E-state index contributed by atoms with van der Waals surface area (Å²) in [6, 6.07) is 12.4. The molecule has 2 fully saturated rings. The van der Waals surface area contributed by atoms with Gasteiger partial charge in [-0.1, -0.05) is 49.2 Å². The lowest BCUT2D eigenvalue weighted by Crippen LogP contribution is -2.38. The number of carbonyl (C=O) groups is 2. The van der Waals surface area contributed by atoms with Gasteiger partial charge in [-0.2, -0.15) is 0 Å². The van der Waals surface area contributed by atoms with E-state index in [0.717, 1.165) is 36.6 Å². The SMILES string of the molecule is O=C1C(=O)N(C2CCCC2)C(c2ccccc2F)/C1=C(\O)c1c[nH]c2ccccc12. The largest absolute Gasteiger partial charge is 0.507 e. The summed E-state index contributed by atoms with van der Waals surface area (Å²) in [5.41, 5.74) is 1.40. The summed E-state index contributed by atoms with van der Waals surface area (Å²) < 4.78 is 14.8. The number of carbonyl (C=O) groups excluding carboxylic acids is 2. The minimum absolute atomic E-state index is 0.0539. The number of hydrogen-bond acceptors (Lipinski definition) is 3. The summed E-state index contributed by atoms with van der Waals surface area (Å²) in [6.45, 7) is 0. The summed E-state index contributed by atoms with van der Waals surface area (Å²) in [6.07, 6.45) is 5.07. The molecule has 0 bridgehead atoms. The van der Waals surface area contributed by atoms with Gasteiger partial charge in [0.25, 0.3) is 11.7 Å². The van der Waals surface area contributed by atoms with E-state index in [1.54, 1.807) is 24.4 Å². The zero-order chi connectivity index (χ0) is 20.8. The molecule has 1 aliphatic heterocycles. The zero-order valence-electron chi connectivity index (χ0n) is 16.3. The fourth-order valence-electron chi connectivity index (χ4n) is 4.82. The Morgan fingerprint density at radius 2 is 1.73 bits per heavy atom. The van der Waals surface area contributed by atoms with Gasteiger partial charge in [-0.3, -0.25) is 9.59 Å². The zero-order valence-corrected chi connectivity index (χ0v) is 16.3. The topological polar surface area (TPSA) is 73.4 Å². The third-order valence-corrected chi connectivity index (χ3v) is 6.24. The van der Waals surface area contributed by atoms with Crippen molar-refractivity contribution in [1.82, 2.24) is 9.88 Å². The molecule has 2 aliphatic rings. The van der Waals surface area contributed by atoms with Gasteiger partial charge >= 0.3 is 0 Å². The molecule has 2 aromatic carbocycles. The number of amides is 1. The Labute approximate surface area is 172 Å². The van der Waals surface area contributed by atoms with Crippen LogP contribution in [0.25, 0.3) is 16.7 Å². The highest BCUT2D eigenvalue weighted by Crippen LogP contribution is 2.44. The number of benzene rings is 2. The number of para-hydroxylation sites is 1. The molecule has 6 heteroatoms. The van der Waals surface area contributed by atoms with Crippen molar-refractivity contribution in [2.45, 2.75) is 37.8 Å². The number of ketones is 1. The third-order valence-electron chi connectivity index (χ3n) is 6.24. The maximum absolute atomic E-state index is 14.8. The van der Waals surface area contributed by atoms with Crippen molar-refractivity contribution >= 4 is 28.4 Å². The highest BCUT2D eigenvalue weighted by atomic mass is 19.1. The van der Waals surface area contributed by atoms with E-state index >= 15 is 0 Å². The number of hydrogen-bond donors (Lipinski definition) is 2. The number of rotatable bonds is 3. The summed E-state index contributed by atoms with van der Waals surface area (Å²) >= 11 is 0. The van der Waals surface area contributed by atoms with Crippen LogP contribution in [0.4, 0.5) is 4.39 Å². The molecular weight excluding hydrogens is 383 g/mol. The van der Waals surface area contributed by atoms with Crippen LogP contribution in [-0.2, 0) is 9.59 Å². The van der Waals surface area contributed by atoms with E-state index in [-0.39, 0.29) is 22.9 Å². The van der Waals surface area contributed by atoms with Gasteiger partial charge in [0.1, 0.15) is 11.6 Å². The highest BCUT2D eigenvalue weighted by molar-refractivity contribution is 6.46. The Balaban J connectivity index is 1.74. The van der Waals surface area contributed by atoms with Crippen LogP contribution in [0.5, 0.6) is 0 Å². The molecule has 5 nitrogen and oxygen atoms in total. The summed E-state index contributed by atoms with van der Waals surface area (Å²) in [5.74, 6) is -2.22. The van der Waals surface area contributed by atoms with Gasteiger partial charge in [-0.15, -0.1) is 0 Å². The quantitative estimate of drug-likeness (QED) is 0.378. The van der Waals surface area contributed by atoms with E-state index in [0.29, 0.717) is 5.56 Å². The van der Waals surface area contributed by atoms with Gasteiger partial charge in [0, 0.05) is 34.3 Å². The molecule has 5 rings (SSSR count). The van der Waals surface area contributed by atoms with E-state index in [9.17, 15) is 19.1 Å². The van der Waals surface area contributed by atoms with Gasteiger partial charge in [0.05, 0.1) is 11.6 Å². The van der Waals surface area contributed by atoms with Crippen LogP contribution in [0, 0.1) is 5.82 Å². The van der Waals surface area contributed by atoms with Gasteiger partial charge in [-0.05, 0) is 25.0 Å². The van der Waals surface area contributed by atoms with E-state index in [1.165, 1.54) is 11.0 Å². The molecule has 1 saturated carbocycles. The van der Waals surface area contributed by atoms with Gasteiger partial charge < -0.3 is 15.0 Å². The van der Waals surface area contributed by atoms with Crippen molar-refractivity contribution in [3.05, 3.63) is 77.2 Å². The summed E-state index contributed by atoms with van der Waals surface area (Å²) in [5, 5.41) is 11.9. The van der Waals surface area contributed by atoms with Crippen LogP contribution >= 0.6 is 0 Å². The molecule has 1 aliphatic carbocycles. The van der Waals surface area contributed by atoms with Crippen molar-refractivity contribution in [2.75, 3.05) is 0 Å². The maximum Gasteiger partial charge on any atom is 0.295 e. The molecule has 2 heterocycles. The van der Waals surface area contributed by atoms with Crippen molar-refractivity contribution in [3.63, 3.8) is 0 Å². The lowest BCUT2D eigenvalue weighted by atomic mass is 9.94. The second-order valence-corrected chi connectivity index (χ2v) is 7.91. The maximum atomic E-state index is 14.8. The smallest absolute Gasteiger partial charge is 0.295 e. The number of H-pyrrole nitrogens is 1. The number of fused-ring (bicyclic) bond motifs is 1. The fourth-order valence-corrected chi connectivity index (χ4v) is 4.82. The molecule has 3 aromatic rings. The number of likely N-dealkylation sites (tertiary alicyclic amines) is 1. The number of aromatic nitrogens is 1. The minimum atomic E-state index is -0.942. The second-order valence-electron chi connectivity index (χ2n) is 7.91. The van der Waals surface area contributed by atoms with Crippen LogP contribution in [0.2, 0.25) is 0 Å². The second kappa shape index (κ2) is 7.13. The van der Waals surface area contributed by atoms with Gasteiger partial charge in [-0.25, -0.2) is 4.39 Å². The molecule has 1 unspecified atom stereocenters. The molecule has 1 amide bonds. The van der Waals surface area contributed by atoms with E-state index < -0.39 is 23.5 Å². The minimum Gasteiger partial charge on any atom is -0.507 e. The molecule has 1 saturated heterocycles. The molecule has 2 N–H and O–H groups in total. The molecule has 152 valence electrons. The first-order valence-corrected chi connectivity index (χ1v) is 10.2. The molecule has 1 atom stereocenters. The Hall–Kier alpha value is -3.41. The van der Waals surface area contributed by atoms with Crippen molar-refractivity contribution in [2.24, 2.45) is 0 Å². The first-order chi connectivity index (χ1) is 14.6. The number of aromatic amines is 1. The summed E-state index contributed by atoms with van der Waals surface area (Å²) in [7, 11) is 0. The first-order valence-electron chi connectivity index (χ1n) is 10.2. The van der Waals surface area contributed by atoms with Crippen molar-refractivity contribution in [1.29, 1.82) is 0 Å². The highest BCUT2D eigenvalue weighted by Gasteiger charge is 2.50. The van der Waals surface area contributed by atoms with Crippen LogP contribution in [0.1, 0.15) is 42.9 Å². The Morgan fingerprint density at radius 1 is 1.03 bits per heavy atom. The lowest BCUT2D eigenvalue weighted by molar-refractivity contribution is -0.141. The molecular formula is C24H21FN2O3. The molecule has 30 heavy (non-hydrogen) atoms. The number of aliphatic hydroxyl groups is 1. The first kappa shape index (κ1) is 18.6. The van der Waals surface area contributed by atoms with E-state index in [4.69, 9.17) is 0 Å². The average Bonchev–Trinajstić information content (AvgIpc) is 3.47.